The van der Waals surface area contributed by atoms with E-state index >= 15 is 0 Å². The average Bonchev–Trinajstić information content (AvgIpc) is 2.45. The minimum Gasteiger partial charge on any atom is -0.308 e. The van der Waals surface area contributed by atoms with Gasteiger partial charge in [0, 0.05) is 5.69 Å². The molecule has 1 unspecified atom stereocenters. The monoisotopic (exact) mass is 268 g/mol. The Balaban J connectivity index is 2.21. The molecule has 1 heterocycles. The quantitative estimate of drug-likeness (QED) is 0.857. The molecule has 0 aliphatic rings. The van der Waals surface area contributed by atoms with E-state index in [0.29, 0.717) is 0 Å². The maximum absolute atomic E-state index is 4.69. The normalized spacial score (nSPS) is 12.3. The number of aryl methyl sites for hydroxylation is 2. The van der Waals surface area contributed by atoms with E-state index in [1.54, 1.807) is 0 Å². The number of benzene rings is 1. The van der Waals surface area contributed by atoms with Crippen LogP contribution in [0.2, 0.25) is 0 Å². The molecule has 2 aromatic rings. The Bertz CT molecular complexity index is 549. The zero-order valence-corrected chi connectivity index (χ0v) is 12.7. The van der Waals surface area contributed by atoms with Crippen molar-refractivity contribution in [3.05, 3.63) is 65.0 Å². The SMILES string of the molecule is CCCNC(Cc1ccccc1C)c1cccc(C)n1. The lowest BCUT2D eigenvalue weighted by Gasteiger charge is -2.19. The van der Waals surface area contributed by atoms with Crippen molar-refractivity contribution in [3.63, 3.8) is 0 Å². The zero-order valence-electron chi connectivity index (χ0n) is 12.7. The van der Waals surface area contributed by atoms with Crippen molar-refractivity contribution in [2.24, 2.45) is 0 Å². The Labute approximate surface area is 122 Å². The highest BCUT2D eigenvalue weighted by molar-refractivity contribution is 5.28. The molecule has 0 spiro atoms. The van der Waals surface area contributed by atoms with Crippen molar-refractivity contribution >= 4 is 0 Å². The summed E-state index contributed by atoms with van der Waals surface area (Å²) in [5, 5.41) is 3.63. The van der Waals surface area contributed by atoms with Gasteiger partial charge in [-0.05, 0) is 56.5 Å². The molecular weight excluding hydrogens is 244 g/mol. The van der Waals surface area contributed by atoms with Gasteiger partial charge in [0.05, 0.1) is 11.7 Å². The van der Waals surface area contributed by atoms with E-state index in [1.807, 2.05) is 13.0 Å². The minimum absolute atomic E-state index is 0.288. The Morgan fingerprint density at radius 3 is 2.55 bits per heavy atom. The lowest BCUT2D eigenvalue weighted by Crippen LogP contribution is -2.25. The number of hydrogen-bond donors (Lipinski definition) is 1. The molecule has 2 heteroatoms. The van der Waals surface area contributed by atoms with Crippen molar-refractivity contribution < 1.29 is 0 Å². The van der Waals surface area contributed by atoms with Crippen molar-refractivity contribution in [1.29, 1.82) is 0 Å². The summed E-state index contributed by atoms with van der Waals surface area (Å²) >= 11 is 0. The molecule has 0 bridgehead atoms. The van der Waals surface area contributed by atoms with Crippen LogP contribution in [-0.2, 0) is 6.42 Å². The molecule has 2 nitrogen and oxygen atoms in total. The van der Waals surface area contributed by atoms with Gasteiger partial charge in [0.1, 0.15) is 0 Å². The number of hydrogen-bond acceptors (Lipinski definition) is 2. The van der Waals surface area contributed by atoms with Crippen LogP contribution in [0.3, 0.4) is 0 Å². The highest BCUT2D eigenvalue weighted by atomic mass is 14.9. The number of pyridine rings is 1. The molecule has 1 atom stereocenters. The van der Waals surface area contributed by atoms with Gasteiger partial charge in [0.15, 0.2) is 0 Å². The third-order valence-corrected chi connectivity index (χ3v) is 3.59. The molecule has 1 aromatic heterocycles. The second-order valence-electron chi connectivity index (χ2n) is 5.34. The highest BCUT2D eigenvalue weighted by Crippen LogP contribution is 2.19. The Morgan fingerprint density at radius 2 is 1.85 bits per heavy atom. The van der Waals surface area contributed by atoms with Crippen LogP contribution < -0.4 is 5.32 Å². The summed E-state index contributed by atoms with van der Waals surface area (Å²) in [5.41, 5.74) is 4.96. The number of rotatable bonds is 6. The van der Waals surface area contributed by atoms with Gasteiger partial charge in [0.2, 0.25) is 0 Å². The minimum atomic E-state index is 0.288. The molecule has 0 radical (unpaired) electrons. The molecule has 1 aromatic carbocycles. The molecule has 0 aliphatic carbocycles. The van der Waals surface area contributed by atoms with E-state index in [9.17, 15) is 0 Å². The van der Waals surface area contributed by atoms with Gasteiger partial charge in [-0.25, -0.2) is 0 Å². The van der Waals surface area contributed by atoms with Crippen molar-refractivity contribution in [2.45, 2.75) is 39.7 Å². The average molecular weight is 268 g/mol. The second-order valence-corrected chi connectivity index (χ2v) is 5.34. The van der Waals surface area contributed by atoms with Gasteiger partial charge in [-0.15, -0.1) is 0 Å². The molecule has 20 heavy (non-hydrogen) atoms. The zero-order chi connectivity index (χ0) is 14.4. The predicted octanol–water partition coefficient (Wildman–Crippen LogP) is 3.98. The molecular formula is C18H24N2. The molecule has 0 aliphatic heterocycles. The van der Waals surface area contributed by atoms with E-state index in [0.717, 1.165) is 30.8 Å². The van der Waals surface area contributed by atoms with E-state index < -0.39 is 0 Å². The summed E-state index contributed by atoms with van der Waals surface area (Å²) < 4.78 is 0. The van der Waals surface area contributed by atoms with Crippen LogP contribution >= 0.6 is 0 Å². The summed E-state index contributed by atoms with van der Waals surface area (Å²) in [7, 11) is 0. The van der Waals surface area contributed by atoms with Crippen LogP contribution in [0, 0.1) is 13.8 Å². The first-order valence-electron chi connectivity index (χ1n) is 7.42. The van der Waals surface area contributed by atoms with Crippen molar-refractivity contribution in [1.82, 2.24) is 10.3 Å². The highest BCUT2D eigenvalue weighted by Gasteiger charge is 2.14. The molecule has 0 fully saturated rings. The van der Waals surface area contributed by atoms with E-state index in [4.69, 9.17) is 0 Å². The first kappa shape index (κ1) is 14.7. The summed E-state index contributed by atoms with van der Waals surface area (Å²) in [6.45, 7) is 7.44. The maximum Gasteiger partial charge on any atom is 0.0579 e. The topological polar surface area (TPSA) is 24.9 Å². The van der Waals surface area contributed by atoms with Crippen LogP contribution in [0.5, 0.6) is 0 Å². The fourth-order valence-corrected chi connectivity index (χ4v) is 2.42. The van der Waals surface area contributed by atoms with Gasteiger partial charge < -0.3 is 5.32 Å². The molecule has 0 saturated carbocycles. The number of nitrogens with one attached hydrogen (secondary N) is 1. The third-order valence-electron chi connectivity index (χ3n) is 3.59. The smallest absolute Gasteiger partial charge is 0.0579 e. The fourth-order valence-electron chi connectivity index (χ4n) is 2.42. The van der Waals surface area contributed by atoms with Crippen molar-refractivity contribution in [3.8, 4) is 0 Å². The van der Waals surface area contributed by atoms with E-state index in [-0.39, 0.29) is 6.04 Å². The maximum atomic E-state index is 4.69. The van der Waals surface area contributed by atoms with Crippen LogP contribution in [0.25, 0.3) is 0 Å². The predicted molar refractivity (Wildman–Crippen MR) is 84.9 cm³/mol. The molecule has 2 rings (SSSR count). The first-order valence-corrected chi connectivity index (χ1v) is 7.42. The van der Waals surface area contributed by atoms with Crippen LogP contribution in [0.1, 0.15) is 41.9 Å². The van der Waals surface area contributed by atoms with Crippen LogP contribution in [-0.4, -0.2) is 11.5 Å². The number of nitrogens with zero attached hydrogens (tertiary/aromatic N) is 1. The van der Waals surface area contributed by atoms with Gasteiger partial charge >= 0.3 is 0 Å². The summed E-state index contributed by atoms with van der Waals surface area (Å²) in [6.07, 6.45) is 2.12. The van der Waals surface area contributed by atoms with Crippen LogP contribution in [0.4, 0.5) is 0 Å². The van der Waals surface area contributed by atoms with E-state index in [2.05, 4.69) is 60.5 Å². The fraction of sp³-hybridized carbons (Fsp3) is 0.389. The van der Waals surface area contributed by atoms with Crippen molar-refractivity contribution in [2.75, 3.05) is 6.54 Å². The second kappa shape index (κ2) is 7.20. The van der Waals surface area contributed by atoms with Gasteiger partial charge in [0.25, 0.3) is 0 Å². The lowest BCUT2D eigenvalue weighted by molar-refractivity contribution is 0.516. The van der Waals surface area contributed by atoms with E-state index in [1.165, 1.54) is 11.1 Å². The summed E-state index contributed by atoms with van der Waals surface area (Å²) in [4.78, 5) is 4.69. The third kappa shape index (κ3) is 3.91. The molecule has 0 saturated heterocycles. The molecule has 0 amide bonds. The Hall–Kier alpha value is -1.67. The van der Waals surface area contributed by atoms with Gasteiger partial charge in [-0.3, -0.25) is 4.98 Å². The van der Waals surface area contributed by atoms with Gasteiger partial charge in [-0.2, -0.15) is 0 Å². The molecule has 106 valence electrons. The van der Waals surface area contributed by atoms with Gasteiger partial charge in [-0.1, -0.05) is 37.3 Å². The standard InChI is InChI=1S/C18H24N2/c1-4-12-19-18(17-11-7-9-15(3)20-17)13-16-10-6-5-8-14(16)2/h5-11,18-19H,4,12-13H2,1-3H3. The largest absolute Gasteiger partial charge is 0.308 e. The first-order chi connectivity index (χ1) is 9.70. The lowest BCUT2D eigenvalue weighted by atomic mass is 9.98. The Kier molecular flexibility index (Phi) is 5.31. The Morgan fingerprint density at radius 1 is 1.05 bits per heavy atom. The number of aromatic nitrogens is 1. The molecule has 1 N–H and O–H groups in total. The van der Waals surface area contributed by atoms with Crippen LogP contribution in [0.15, 0.2) is 42.5 Å². The summed E-state index contributed by atoms with van der Waals surface area (Å²) in [6, 6.07) is 15.2. The summed E-state index contributed by atoms with van der Waals surface area (Å²) in [5.74, 6) is 0.